The highest BCUT2D eigenvalue weighted by Crippen LogP contribution is 1.95. The molecule has 0 bridgehead atoms. The lowest BCUT2D eigenvalue weighted by molar-refractivity contribution is 0.482. The van der Waals surface area contributed by atoms with Gasteiger partial charge in [-0.25, -0.2) is 9.97 Å². The minimum atomic E-state index is -3.88. The Bertz CT molecular complexity index is 335. The maximum Gasteiger partial charge on any atom is 0.265 e. The lowest BCUT2D eigenvalue weighted by atomic mass is 10.3. The van der Waals surface area contributed by atoms with Crippen molar-refractivity contribution in [3.8, 4) is 0 Å². The standard InChI is InChI=1S/C6H8N2O3S/c9-12(10,11)4-2-6-1-3-7-5-8-6/h1,3,5H,2,4H2,(H,9,10,11). The second-order valence-electron chi connectivity index (χ2n) is 2.24. The van der Waals surface area contributed by atoms with Crippen LogP contribution in [-0.4, -0.2) is 28.7 Å². The van der Waals surface area contributed by atoms with Gasteiger partial charge in [-0.1, -0.05) is 0 Å². The van der Waals surface area contributed by atoms with Crippen LogP contribution in [0.25, 0.3) is 0 Å². The van der Waals surface area contributed by atoms with Gasteiger partial charge < -0.3 is 0 Å². The Balaban J connectivity index is 2.56. The van der Waals surface area contributed by atoms with Gasteiger partial charge in [-0.2, -0.15) is 8.42 Å². The van der Waals surface area contributed by atoms with E-state index < -0.39 is 10.1 Å². The third-order valence-corrected chi connectivity index (χ3v) is 1.98. The highest BCUT2D eigenvalue weighted by atomic mass is 32.2. The maximum absolute atomic E-state index is 10.3. The van der Waals surface area contributed by atoms with Gasteiger partial charge >= 0.3 is 0 Å². The predicted molar refractivity (Wildman–Crippen MR) is 42.2 cm³/mol. The molecule has 66 valence electrons. The molecule has 0 amide bonds. The van der Waals surface area contributed by atoms with Crippen molar-refractivity contribution in [3.05, 3.63) is 24.3 Å². The SMILES string of the molecule is O=S(=O)(O)CCc1ccncn1. The topological polar surface area (TPSA) is 80.2 Å². The molecular formula is C6H8N2O3S. The molecule has 0 aliphatic heterocycles. The van der Waals surface area contributed by atoms with Crippen LogP contribution in [0.2, 0.25) is 0 Å². The van der Waals surface area contributed by atoms with E-state index in [1.54, 1.807) is 6.07 Å². The molecule has 1 aromatic rings. The summed E-state index contributed by atoms with van der Waals surface area (Å²) in [6.07, 6.45) is 3.06. The molecule has 1 rings (SSSR count). The summed E-state index contributed by atoms with van der Waals surface area (Å²) in [6, 6.07) is 1.60. The molecule has 0 spiro atoms. The Kier molecular flexibility index (Phi) is 2.72. The lowest BCUT2D eigenvalue weighted by Crippen LogP contribution is -2.07. The highest BCUT2D eigenvalue weighted by Gasteiger charge is 2.04. The summed E-state index contributed by atoms with van der Waals surface area (Å²) in [5.41, 5.74) is 0.600. The molecule has 1 heterocycles. The van der Waals surface area contributed by atoms with Crippen LogP contribution in [0.5, 0.6) is 0 Å². The molecule has 0 aliphatic rings. The first kappa shape index (κ1) is 9.08. The summed E-state index contributed by atoms with van der Waals surface area (Å²) in [4.78, 5) is 7.46. The van der Waals surface area contributed by atoms with Gasteiger partial charge in [-0.15, -0.1) is 0 Å². The Morgan fingerprint density at radius 3 is 2.75 bits per heavy atom. The minimum Gasteiger partial charge on any atom is -0.286 e. The molecule has 12 heavy (non-hydrogen) atoms. The quantitative estimate of drug-likeness (QED) is 0.670. The number of aromatic nitrogens is 2. The number of rotatable bonds is 3. The Morgan fingerprint density at radius 1 is 1.50 bits per heavy atom. The minimum absolute atomic E-state index is 0.210. The molecule has 0 aliphatic carbocycles. The van der Waals surface area contributed by atoms with E-state index in [1.807, 2.05) is 0 Å². The fourth-order valence-electron chi connectivity index (χ4n) is 0.700. The number of nitrogens with zero attached hydrogens (tertiary/aromatic N) is 2. The summed E-state index contributed by atoms with van der Waals surface area (Å²) < 4.78 is 29.0. The highest BCUT2D eigenvalue weighted by molar-refractivity contribution is 7.85. The fraction of sp³-hybridized carbons (Fsp3) is 0.333. The summed E-state index contributed by atoms with van der Waals surface area (Å²) in [7, 11) is -3.88. The van der Waals surface area contributed by atoms with Crippen molar-refractivity contribution in [3.63, 3.8) is 0 Å². The zero-order chi connectivity index (χ0) is 9.03. The molecule has 0 saturated heterocycles. The van der Waals surface area contributed by atoms with Crippen molar-refractivity contribution < 1.29 is 13.0 Å². The van der Waals surface area contributed by atoms with Crippen LogP contribution < -0.4 is 0 Å². The van der Waals surface area contributed by atoms with Crippen molar-refractivity contribution >= 4 is 10.1 Å². The van der Waals surface area contributed by atoms with Crippen molar-refractivity contribution in [1.82, 2.24) is 9.97 Å². The van der Waals surface area contributed by atoms with Gasteiger partial charge in [0.2, 0.25) is 0 Å². The van der Waals surface area contributed by atoms with E-state index in [0.717, 1.165) is 0 Å². The molecule has 0 unspecified atom stereocenters. The van der Waals surface area contributed by atoms with Gasteiger partial charge in [0.15, 0.2) is 0 Å². The van der Waals surface area contributed by atoms with Crippen LogP contribution in [0.4, 0.5) is 0 Å². The normalized spacial score (nSPS) is 11.4. The van der Waals surface area contributed by atoms with E-state index in [1.165, 1.54) is 12.5 Å². The number of hydrogen-bond acceptors (Lipinski definition) is 4. The lowest BCUT2D eigenvalue weighted by Gasteiger charge is -1.95. The maximum atomic E-state index is 10.3. The van der Waals surface area contributed by atoms with Crippen LogP contribution in [0.3, 0.4) is 0 Å². The summed E-state index contributed by atoms with van der Waals surface area (Å²) in [6.45, 7) is 0. The average molecular weight is 188 g/mol. The van der Waals surface area contributed by atoms with Crippen molar-refractivity contribution in [2.24, 2.45) is 0 Å². The van der Waals surface area contributed by atoms with E-state index >= 15 is 0 Å². The molecular weight excluding hydrogens is 180 g/mol. The molecule has 0 aromatic carbocycles. The van der Waals surface area contributed by atoms with Crippen molar-refractivity contribution in [1.29, 1.82) is 0 Å². The van der Waals surface area contributed by atoms with Gasteiger partial charge in [0.05, 0.1) is 5.75 Å². The van der Waals surface area contributed by atoms with E-state index in [4.69, 9.17) is 4.55 Å². The molecule has 0 saturated carbocycles. The fourth-order valence-corrected chi connectivity index (χ4v) is 1.17. The first-order valence-electron chi connectivity index (χ1n) is 3.28. The monoisotopic (exact) mass is 188 g/mol. The second-order valence-corrected chi connectivity index (χ2v) is 3.81. The predicted octanol–water partition coefficient (Wildman–Crippen LogP) is -0.0931. The Hall–Kier alpha value is -1.01. The van der Waals surface area contributed by atoms with E-state index in [0.29, 0.717) is 5.69 Å². The molecule has 0 atom stereocenters. The molecule has 6 heteroatoms. The second kappa shape index (κ2) is 3.59. The molecule has 5 nitrogen and oxygen atoms in total. The molecule has 1 N–H and O–H groups in total. The number of aryl methyl sites for hydroxylation is 1. The number of hydrogen-bond donors (Lipinski definition) is 1. The van der Waals surface area contributed by atoms with E-state index in [-0.39, 0.29) is 12.2 Å². The Labute approximate surface area is 70.2 Å². The van der Waals surface area contributed by atoms with Crippen molar-refractivity contribution in [2.45, 2.75) is 6.42 Å². The summed E-state index contributed by atoms with van der Waals surface area (Å²) in [5.74, 6) is -0.302. The molecule has 0 fully saturated rings. The van der Waals surface area contributed by atoms with Gasteiger partial charge in [0, 0.05) is 18.3 Å². The average Bonchev–Trinajstić information content (AvgIpc) is 2.02. The van der Waals surface area contributed by atoms with Gasteiger partial charge in [-0.05, 0) is 6.07 Å². The van der Waals surface area contributed by atoms with Crippen molar-refractivity contribution in [2.75, 3.05) is 5.75 Å². The van der Waals surface area contributed by atoms with E-state index in [2.05, 4.69) is 9.97 Å². The third-order valence-electron chi connectivity index (χ3n) is 1.26. The molecule has 0 radical (unpaired) electrons. The Morgan fingerprint density at radius 2 is 2.25 bits per heavy atom. The zero-order valence-electron chi connectivity index (χ0n) is 6.21. The van der Waals surface area contributed by atoms with Crippen LogP contribution in [0, 0.1) is 0 Å². The summed E-state index contributed by atoms with van der Waals surface area (Å²) >= 11 is 0. The largest absolute Gasteiger partial charge is 0.286 e. The smallest absolute Gasteiger partial charge is 0.265 e. The van der Waals surface area contributed by atoms with Gasteiger partial charge in [0.1, 0.15) is 6.33 Å². The van der Waals surface area contributed by atoms with Gasteiger partial charge in [0.25, 0.3) is 10.1 Å². The van der Waals surface area contributed by atoms with Gasteiger partial charge in [-0.3, -0.25) is 4.55 Å². The van der Waals surface area contributed by atoms with E-state index in [9.17, 15) is 8.42 Å². The first-order valence-corrected chi connectivity index (χ1v) is 4.89. The van der Waals surface area contributed by atoms with Crippen LogP contribution in [0.15, 0.2) is 18.6 Å². The summed E-state index contributed by atoms with van der Waals surface area (Å²) in [5, 5.41) is 0. The third kappa shape index (κ3) is 3.40. The van der Waals surface area contributed by atoms with Crippen LogP contribution in [0.1, 0.15) is 5.69 Å². The first-order chi connectivity index (χ1) is 5.58. The zero-order valence-corrected chi connectivity index (χ0v) is 7.03. The molecule has 1 aromatic heterocycles. The van der Waals surface area contributed by atoms with Crippen LogP contribution in [-0.2, 0) is 16.5 Å². The van der Waals surface area contributed by atoms with Crippen LogP contribution >= 0.6 is 0 Å².